The van der Waals surface area contributed by atoms with Crippen molar-refractivity contribution in [1.82, 2.24) is 10.6 Å². The molecule has 1 heterocycles. The minimum absolute atomic E-state index is 0.241. The molecule has 0 aromatic rings. The number of rotatable bonds is 3. The molecule has 2 unspecified atom stereocenters. The van der Waals surface area contributed by atoms with Gasteiger partial charge in [-0.2, -0.15) is 0 Å². The molecule has 2 rings (SSSR count). The number of hydrogen-bond acceptors (Lipinski definition) is 2. The topological polar surface area (TPSA) is 41.1 Å². The molecule has 2 N–H and O–H groups in total. The van der Waals surface area contributed by atoms with Gasteiger partial charge in [-0.05, 0) is 50.5 Å². The fourth-order valence-corrected chi connectivity index (χ4v) is 3.61. The molecule has 0 aromatic carbocycles. The van der Waals surface area contributed by atoms with Crippen molar-refractivity contribution >= 4 is 5.91 Å². The van der Waals surface area contributed by atoms with Crippen LogP contribution >= 0.6 is 0 Å². The highest BCUT2D eigenvalue weighted by molar-refractivity contribution is 5.86. The van der Waals surface area contributed by atoms with E-state index in [-0.39, 0.29) is 11.4 Å². The number of amides is 1. The summed E-state index contributed by atoms with van der Waals surface area (Å²) in [5.41, 5.74) is 0.111. The first-order valence-corrected chi connectivity index (χ1v) is 7.53. The third-order valence-corrected chi connectivity index (χ3v) is 4.82. The largest absolute Gasteiger partial charge is 0.352 e. The van der Waals surface area contributed by atoms with Gasteiger partial charge in [0.2, 0.25) is 5.91 Å². The summed E-state index contributed by atoms with van der Waals surface area (Å²) in [4.78, 5) is 12.5. The Balaban J connectivity index is 1.94. The van der Waals surface area contributed by atoms with Gasteiger partial charge in [0.05, 0.1) is 5.54 Å². The van der Waals surface area contributed by atoms with Gasteiger partial charge in [-0.1, -0.05) is 27.2 Å². The minimum Gasteiger partial charge on any atom is -0.352 e. The molecule has 18 heavy (non-hydrogen) atoms. The summed E-state index contributed by atoms with van der Waals surface area (Å²) in [6.45, 7) is 7.73. The molecule has 1 saturated carbocycles. The van der Waals surface area contributed by atoms with Crippen molar-refractivity contribution in [2.75, 3.05) is 6.54 Å². The lowest BCUT2D eigenvalue weighted by Crippen LogP contribution is -2.56. The molecule has 0 bridgehead atoms. The zero-order valence-corrected chi connectivity index (χ0v) is 12.1. The predicted molar refractivity (Wildman–Crippen MR) is 74.4 cm³/mol. The lowest BCUT2D eigenvalue weighted by molar-refractivity contribution is -0.128. The van der Waals surface area contributed by atoms with E-state index in [9.17, 15) is 4.79 Å². The van der Waals surface area contributed by atoms with Gasteiger partial charge in [0.1, 0.15) is 0 Å². The summed E-state index contributed by atoms with van der Waals surface area (Å²) in [6, 6.07) is 0.382. The second kappa shape index (κ2) is 5.20. The monoisotopic (exact) mass is 252 g/mol. The van der Waals surface area contributed by atoms with Gasteiger partial charge in [0, 0.05) is 6.04 Å². The van der Waals surface area contributed by atoms with Crippen LogP contribution in [0.2, 0.25) is 0 Å². The molecule has 1 aliphatic carbocycles. The van der Waals surface area contributed by atoms with Crippen molar-refractivity contribution in [1.29, 1.82) is 0 Å². The molecule has 0 aromatic heterocycles. The van der Waals surface area contributed by atoms with E-state index >= 15 is 0 Å². The molecular formula is C15H28N2O. The first-order chi connectivity index (χ1) is 8.47. The second-order valence-electron chi connectivity index (χ2n) is 6.90. The SMILES string of the molecule is CCC1(C(=O)NC2CCCC(C)(C)C2)CCCN1. The third kappa shape index (κ3) is 2.87. The zero-order valence-electron chi connectivity index (χ0n) is 12.1. The molecule has 0 radical (unpaired) electrons. The average molecular weight is 252 g/mol. The molecule has 3 nitrogen and oxygen atoms in total. The van der Waals surface area contributed by atoms with E-state index in [1.165, 1.54) is 12.8 Å². The van der Waals surface area contributed by atoms with E-state index in [4.69, 9.17) is 0 Å². The van der Waals surface area contributed by atoms with Gasteiger partial charge in [0.25, 0.3) is 0 Å². The highest BCUT2D eigenvalue weighted by atomic mass is 16.2. The first kappa shape index (κ1) is 13.9. The molecule has 104 valence electrons. The van der Waals surface area contributed by atoms with Crippen molar-refractivity contribution in [2.24, 2.45) is 5.41 Å². The number of nitrogens with one attached hydrogen (secondary N) is 2. The molecule has 2 aliphatic rings. The maximum Gasteiger partial charge on any atom is 0.240 e. The van der Waals surface area contributed by atoms with Crippen LogP contribution in [0.3, 0.4) is 0 Å². The highest BCUT2D eigenvalue weighted by Crippen LogP contribution is 2.35. The molecule has 2 fully saturated rings. The van der Waals surface area contributed by atoms with Gasteiger partial charge in [-0.3, -0.25) is 4.79 Å². The molecular weight excluding hydrogens is 224 g/mol. The van der Waals surface area contributed by atoms with Crippen LogP contribution in [0.5, 0.6) is 0 Å². The Morgan fingerprint density at radius 2 is 2.11 bits per heavy atom. The van der Waals surface area contributed by atoms with Crippen molar-refractivity contribution < 1.29 is 4.79 Å². The van der Waals surface area contributed by atoms with Crippen molar-refractivity contribution in [3.63, 3.8) is 0 Å². The summed E-state index contributed by atoms with van der Waals surface area (Å²) in [7, 11) is 0. The Hall–Kier alpha value is -0.570. The summed E-state index contributed by atoms with van der Waals surface area (Å²) in [6.07, 6.45) is 7.81. The Morgan fingerprint density at radius 3 is 2.67 bits per heavy atom. The highest BCUT2D eigenvalue weighted by Gasteiger charge is 2.40. The number of hydrogen-bond donors (Lipinski definition) is 2. The van der Waals surface area contributed by atoms with Crippen molar-refractivity contribution in [3.05, 3.63) is 0 Å². The fraction of sp³-hybridized carbons (Fsp3) is 0.933. The smallest absolute Gasteiger partial charge is 0.240 e. The molecule has 2 atom stereocenters. The molecule has 0 spiro atoms. The molecule has 1 saturated heterocycles. The average Bonchev–Trinajstić information content (AvgIpc) is 2.77. The van der Waals surface area contributed by atoms with Gasteiger partial charge in [-0.25, -0.2) is 0 Å². The van der Waals surface area contributed by atoms with Gasteiger partial charge >= 0.3 is 0 Å². The van der Waals surface area contributed by atoms with E-state index in [0.29, 0.717) is 11.5 Å². The normalized spacial score (nSPS) is 35.4. The van der Waals surface area contributed by atoms with Crippen LogP contribution in [0.4, 0.5) is 0 Å². The molecule has 1 amide bonds. The number of carbonyl (C=O) groups excluding carboxylic acids is 1. The van der Waals surface area contributed by atoms with Crippen LogP contribution in [0.1, 0.15) is 65.7 Å². The Bertz CT molecular complexity index is 306. The van der Waals surface area contributed by atoms with Gasteiger partial charge < -0.3 is 10.6 Å². The third-order valence-electron chi connectivity index (χ3n) is 4.82. The fourth-order valence-electron chi connectivity index (χ4n) is 3.61. The Morgan fingerprint density at radius 1 is 1.33 bits per heavy atom. The maximum atomic E-state index is 12.5. The van der Waals surface area contributed by atoms with Crippen LogP contribution in [-0.2, 0) is 4.79 Å². The molecule has 3 heteroatoms. The van der Waals surface area contributed by atoms with E-state index in [1.54, 1.807) is 0 Å². The Labute approximate surface area is 111 Å². The Kier molecular flexibility index (Phi) is 4.00. The van der Waals surface area contributed by atoms with Crippen molar-refractivity contribution in [3.8, 4) is 0 Å². The van der Waals surface area contributed by atoms with Crippen LogP contribution in [0.15, 0.2) is 0 Å². The van der Waals surface area contributed by atoms with E-state index < -0.39 is 0 Å². The van der Waals surface area contributed by atoms with E-state index in [2.05, 4.69) is 31.4 Å². The summed E-state index contributed by atoms with van der Waals surface area (Å²) in [5.74, 6) is 0.241. The maximum absolute atomic E-state index is 12.5. The van der Waals surface area contributed by atoms with Crippen LogP contribution in [0.25, 0.3) is 0 Å². The van der Waals surface area contributed by atoms with Crippen molar-refractivity contribution in [2.45, 2.75) is 77.3 Å². The summed E-state index contributed by atoms with van der Waals surface area (Å²) >= 11 is 0. The van der Waals surface area contributed by atoms with Gasteiger partial charge in [-0.15, -0.1) is 0 Å². The second-order valence-corrected chi connectivity index (χ2v) is 6.90. The van der Waals surface area contributed by atoms with E-state index in [1.807, 2.05) is 0 Å². The number of carbonyl (C=O) groups is 1. The standard InChI is InChI=1S/C15H28N2O/c1-4-15(9-6-10-16-15)13(18)17-12-7-5-8-14(2,3)11-12/h12,16H,4-11H2,1-3H3,(H,17,18). The summed E-state index contributed by atoms with van der Waals surface area (Å²) in [5, 5.41) is 6.72. The van der Waals surface area contributed by atoms with E-state index in [0.717, 1.165) is 38.6 Å². The zero-order chi connectivity index (χ0) is 13.2. The lowest BCUT2D eigenvalue weighted by Gasteiger charge is -2.37. The molecule has 1 aliphatic heterocycles. The first-order valence-electron chi connectivity index (χ1n) is 7.53. The summed E-state index contributed by atoms with van der Waals surface area (Å²) < 4.78 is 0. The predicted octanol–water partition coefficient (Wildman–Crippen LogP) is 2.60. The lowest BCUT2D eigenvalue weighted by atomic mass is 9.75. The minimum atomic E-state index is -0.276. The van der Waals surface area contributed by atoms with Crippen LogP contribution < -0.4 is 10.6 Å². The van der Waals surface area contributed by atoms with Crippen LogP contribution in [0, 0.1) is 5.41 Å². The quantitative estimate of drug-likeness (QED) is 0.810. The van der Waals surface area contributed by atoms with Crippen LogP contribution in [-0.4, -0.2) is 24.0 Å². The van der Waals surface area contributed by atoms with Gasteiger partial charge in [0.15, 0.2) is 0 Å².